The highest BCUT2D eigenvalue weighted by atomic mass is 32.2. The lowest BCUT2D eigenvalue weighted by Crippen LogP contribution is -2.36. The van der Waals surface area contributed by atoms with Crippen molar-refractivity contribution in [2.45, 2.75) is 46.3 Å². The molecule has 0 fully saturated rings. The van der Waals surface area contributed by atoms with E-state index in [0.717, 1.165) is 17.7 Å². The van der Waals surface area contributed by atoms with Gasteiger partial charge < -0.3 is 15.2 Å². The third-order valence-corrected chi connectivity index (χ3v) is 4.31. The zero-order valence-corrected chi connectivity index (χ0v) is 14.5. The maximum Gasteiger partial charge on any atom is 0.122 e. The Morgan fingerprint density at radius 1 is 1.33 bits per heavy atom. The zero-order valence-electron chi connectivity index (χ0n) is 13.7. The Morgan fingerprint density at radius 3 is 2.81 bits per heavy atom. The Hall–Kier alpha value is -0.710. The second kappa shape index (κ2) is 10.1. The van der Waals surface area contributed by atoms with Crippen LogP contribution in [0.25, 0.3) is 0 Å². The second-order valence-electron chi connectivity index (χ2n) is 5.53. The molecule has 1 aromatic rings. The van der Waals surface area contributed by atoms with Gasteiger partial charge in [0, 0.05) is 12.6 Å². The van der Waals surface area contributed by atoms with Crippen LogP contribution in [0.1, 0.15) is 31.4 Å². The number of hydrogen-bond donors (Lipinski definition) is 2. The quantitative estimate of drug-likeness (QED) is 0.651. The van der Waals surface area contributed by atoms with Crippen LogP contribution in [0.2, 0.25) is 0 Å². The fourth-order valence-electron chi connectivity index (χ4n) is 1.95. The minimum absolute atomic E-state index is 0.327. The smallest absolute Gasteiger partial charge is 0.122 e. The van der Waals surface area contributed by atoms with E-state index < -0.39 is 6.10 Å². The van der Waals surface area contributed by atoms with E-state index in [-0.39, 0.29) is 0 Å². The number of benzene rings is 1. The predicted octanol–water partition coefficient (Wildman–Crippen LogP) is 3.16. The van der Waals surface area contributed by atoms with Crippen molar-refractivity contribution in [3.8, 4) is 5.75 Å². The van der Waals surface area contributed by atoms with Crippen molar-refractivity contribution < 1.29 is 9.84 Å². The summed E-state index contributed by atoms with van der Waals surface area (Å²) in [6.45, 7) is 9.30. The SMILES string of the molecule is CCSCCC(C)NCC(O)COc1cc(C)ccc1C. The van der Waals surface area contributed by atoms with Crippen LogP contribution >= 0.6 is 11.8 Å². The van der Waals surface area contributed by atoms with Gasteiger partial charge in [0.25, 0.3) is 0 Å². The van der Waals surface area contributed by atoms with E-state index in [1.807, 2.05) is 37.7 Å². The van der Waals surface area contributed by atoms with E-state index in [2.05, 4.69) is 25.2 Å². The lowest BCUT2D eigenvalue weighted by atomic mass is 10.1. The molecule has 120 valence electrons. The average Bonchev–Trinajstić information content (AvgIpc) is 2.46. The van der Waals surface area contributed by atoms with Crippen LogP contribution in [0, 0.1) is 13.8 Å². The largest absolute Gasteiger partial charge is 0.491 e. The van der Waals surface area contributed by atoms with Gasteiger partial charge in [-0.25, -0.2) is 0 Å². The van der Waals surface area contributed by atoms with Crippen LogP contribution in [0.5, 0.6) is 5.75 Å². The van der Waals surface area contributed by atoms with Crippen molar-refractivity contribution in [2.24, 2.45) is 0 Å². The van der Waals surface area contributed by atoms with Gasteiger partial charge in [0.05, 0.1) is 0 Å². The number of rotatable bonds is 10. The Balaban J connectivity index is 2.24. The molecule has 1 rings (SSSR count). The van der Waals surface area contributed by atoms with Crippen LogP contribution < -0.4 is 10.1 Å². The topological polar surface area (TPSA) is 41.5 Å². The second-order valence-corrected chi connectivity index (χ2v) is 6.92. The average molecular weight is 311 g/mol. The van der Waals surface area contributed by atoms with Crippen molar-refractivity contribution >= 4 is 11.8 Å². The summed E-state index contributed by atoms with van der Waals surface area (Å²) in [5, 5.41) is 13.4. The van der Waals surface area contributed by atoms with Gasteiger partial charge in [-0.05, 0) is 55.9 Å². The predicted molar refractivity (Wildman–Crippen MR) is 92.5 cm³/mol. The molecule has 2 atom stereocenters. The maximum absolute atomic E-state index is 10.00. The van der Waals surface area contributed by atoms with Gasteiger partial charge >= 0.3 is 0 Å². The molecular weight excluding hydrogens is 282 g/mol. The number of aliphatic hydroxyl groups excluding tert-OH is 1. The molecular formula is C17H29NO2S. The molecule has 0 aliphatic heterocycles. The first-order valence-electron chi connectivity index (χ1n) is 7.72. The molecule has 0 bridgehead atoms. The first-order chi connectivity index (χ1) is 10.0. The highest BCUT2D eigenvalue weighted by Crippen LogP contribution is 2.19. The molecule has 1 aromatic carbocycles. The van der Waals surface area contributed by atoms with Gasteiger partial charge in [0.2, 0.25) is 0 Å². The summed E-state index contributed by atoms with van der Waals surface area (Å²) >= 11 is 1.95. The Labute approximate surface area is 133 Å². The lowest BCUT2D eigenvalue weighted by molar-refractivity contribution is 0.103. The van der Waals surface area contributed by atoms with Crippen LogP contribution in [0.4, 0.5) is 0 Å². The molecule has 0 saturated heterocycles. The fraction of sp³-hybridized carbons (Fsp3) is 0.647. The molecule has 0 aliphatic rings. The minimum Gasteiger partial charge on any atom is -0.491 e. The summed E-state index contributed by atoms with van der Waals surface area (Å²) in [7, 11) is 0. The van der Waals surface area contributed by atoms with E-state index in [1.54, 1.807) is 0 Å². The fourth-order valence-corrected chi connectivity index (χ4v) is 2.76. The van der Waals surface area contributed by atoms with Gasteiger partial charge in [0.1, 0.15) is 18.5 Å². The molecule has 0 saturated carbocycles. The van der Waals surface area contributed by atoms with E-state index in [0.29, 0.717) is 19.2 Å². The first-order valence-corrected chi connectivity index (χ1v) is 8.87. The van der Waals surface area contributed by atoms with Crippen molar-refractivity contribution in [3.05, 3.63) is 29.3 Å². The molecule has 0 amide bonds. The molecule has 0 spiro atoms. The van der Waals surface area contributed by atoms with Crippen LogP contribution in [-0.4, -0.2) is 41.9 Å². The Bertz CT molecular complexity index is 412. The highest BCUT2D eigenvalue weighted by molar-refractivity contribution is 7.99. The van der Waals surface area contributed by atoms with Crippen molar-refractivity contribution in [1.29, 1.82) is 0 Å². The summed E-state index contributed by atoms with van der Waals surface area (Å²) in [6, 6.07) is 6.55. The van der Waals surface area contributed by atoms with Gasteiger partial charge in [-0.2, -0.15) is 11.8 Å². The van der Waals surface area contributed by atoms with Gasteiger partial charge in [-0.15, -0.1) is 0 Å². The number of hydrogen-bond acceptors (Lipinski definition) is 4. The van der Waals surface area contributed by atoms with Crippen LogP contribution in [-0.2, 0) is 0 Å². The number of aryl methyl sites for hydroxylation is 2. The monoisotopic (exact) mass is 311 g/mol. The number of nitrogens with one attached hydrogen (secondary N) is 1. The molecule has 3 nitrogen and oxygen atoms in total. The van der Waals surface area contributed by atoms with Crippen LogP contribution in [0.3, 0.4) is 0 Å². The van der Waals surface area contributed by atoms with E-state index >= 15 is 0 Å². The molecule has 0 heterocycles. The molecule has 21 heavy (non-hydrogen) atoms. The van der Waals surface area contributed by atoms with Gasteiger partial charge in [-0.3, -0.25) is 0 Å². The molecule has 2 N–H and O–H groups in total. The lowest BCUT2D eigenvalue weighted by Gasteiger charge is -2.18. The van der Waals surface area contributed by atoms with Crippen LogP contribution in [0.15, 0.2) is 18.2 Å². The third-order valence-electron chi connectivity index (χ3n) is 3.38. The summed E-state index contributed by atoms with van der Waals surface area (Å²) in [6.07, 6.45) is 0.648. The summed E-state index contributed by atoms with van der Waals surface area (Å²) in [4.78, 5) is 0. The van der Waals surface area contributed by atoms with Gasteiger partial charge in [-0.1, -0.05) is 19.1 Å². The zero-order chi connectivity index (χ0) is 15.7. The number of thioether (sulfide) groups is 1. The summed E-state index contributed by atoms with van der Waals surface area (Å²) in [5.74, 6) is 3.19. The van der Waals surface area contributed by atoms with Gasteiger partial charge in [0.15, 0.2) is 0 Å². The van der Waals surface area contributed by atoms with Crippen molar-refractivity contribution in [2.75, 3.05) is 24.7 Å². The van der Waals surface area contributed by atoms with E-state index in [9.17, 15) is 5.11 Å². The minimum atomic E-state index is -0.480. The summed E-state index contributed by atoms with van der Waals surface area (Å²) < 4.78 is 5.72. The molecule has 2 unspecified atom stereocenters. The van der Waals surface area contributed by atoms with E-state index in [1.165, 1.54) is 17.1 Å². The third kappa shape index (κ3) is 7.74. The van der Waals surface area contributed by atoms with E-state index in [4.69, 9.17) is 4.74 Å². The Morgan fingerprint density at radius 2 is 2.10 bits per heavy atom. The Kier molecular flexibility index (Phi) is 8.81. The standard InChI is InChI=1S/C17H29NO2S/c1-5-21-9-8-15(4)18-11-16(19)12-20-17-10-13(2)6-7-14(17)3/h6-7,10,15-16,18-19H,5,8-9,11-12H2,1-4H3. The molecule has 0 aliphatic carbocycles. The molecule has 0 aromatic heterocycles. The first kappa shape index (κ1) is 18.3. The molecule has 4 heteroatoms. The highest BCUT2D eigenvalue weighted by Gasteiger charge is 2.09. The summed E-state index contributed by atoms with van der Waals surface area (Å²) in [5.41, 5.74) is 2.27. The van der Waals surface area contributed by atoms with Crippen molar-refractivity contribution in [1.82, 2.24) is 5.32 Å². The number of aliphatic hydroxyl groups is 1. The molecule has 0 radical (unpaired) electrons. The maximum atomic E-state index is 10.00. The number of ether oxygens (including phenoxy) is 1. The van der Waals surface area contributed by atoms with Crippen molar-refractivity contribution in [3.63, 3.8) is 0 Å². The normalized spacial score (nSPS) is 14.0.